The summed E-state index contributed by atoms with van der Waals surface area (Å²) in [6.45, 7) is 9.90. The summed E-state index contributed by atoms with van der Waals surface area (Å²) in [6, 6.07) is 0. The van der Waals surface area contributed by atoms with Gasteiger partial charge in [-0.2, -0.15) is 0 Å². The van der Waals surface area contributed by atoms with Crippen molar-refractivity contribution in [2.75, 3.05) is 25.0 Å². The van der Waals surface area contributed by atoms with Crippen molar-refractivity contribution in [3.8, 4) is 0 Å². The zero-order chi connectivity index (χ0) is 19.2. The maximum atomic E-state index is 12.8. The number of ether oxygens (including phenoxy) is 1. The number of nitrogens with zero attached hydrogens (tertiary/aromatic N) is 2. The highest BCUT2D eigenvalue weighted by Gasteiger charge is 2.26. The molecule has 0 bridgehead atoms. The Bertz CT molecular complexity index is 577. The van der Waals surface area contributed by atoms with Gasteiger partial charge in [-0.25, -0.2) is 4.98 Å². The van der Waals surface area contributed by atoms with Crippen LogP contribution in [0.5, 0.6) is 0 Å². The van der Waals surface area contributed by atoms with Gasteiger partial charge in [0.2, 0.25) is 11.8 Å². The minimum atomic E-state index is -0.213. The summed E-state index contributed by atoms with van der Waals surface area (Å²) >= 11 is 1.37. The third kappa shape index (κ3) is 7.41. The molecule has 1 aliphatic rings. The Labute approximate surface area is 160 Å². The van der Waals surface area contributed by atoms with Crippen molar-refractivity contribution >= 4 is 28.3 Å². The highest BCUT2D eigenvalue weighted by Crippen LogP contribution is 2.26. The molecule has 7 heteroatoms. The topological polar surface area (TPSA) is 71.5 Å². The van der Waals surface area contributed by atoms with Crippen LogP contribution in [0, 0.1) is 11.3 Å². The van der Waals surface area contributed by atoms with Crippen molar-refractivity contribution in [2.24, 2.45) is 11.3 Å². The summed E-state index contributed by atoms with van der Waals surface area (Å²) in [5, 5.41) is 5.12. The molecule has 1 N–H and O–H groups in total. The number of carbonyl (C=O) groups is 2. The lowest BCUT2D eigenvalue weighted by molar-refractivity contribution is -0.137. The molecular formula is C19H31N3O3S. The van der Waals surface area contributed by atoms with Crippen LogP contribution in [-0.4, -0.2) is 47.5 Å². The molecule has 2 atom stereocenters. The van der Waals surface area contributed by atoms with Crippen molar-refractivity contribution in [3.63, 3.8) is 0 Å². The smallest absolute Gasteiger partial charge is 0.245 e. The fourth-order valence-electron chi connectivity index (χ4n) is 3.45. The van der Waals surface area contributed by atoms with Gasteiger partial charge >= 0.3 is 0 Å². The summed E-state index contributed by atoms with van der Waals surface area (Å²) in [7, 11) is 0. The third-order valence-electron chi connectivity index (χ3n) is 4.30. The molecule has 6 nitrogen and oxygen atoms in total. The standard InChI is InChI=1S/C19H31N3O3S/c1-14(11-19(2,3)4)10-17(24)22(12-15-6-5-8-25-15)13-16(23)21-18-20-7-9-26-18/h7,9,14-15H,5-6,8,10-13H2,1-4H3,(H,20,21,23). The zero-order valence-corrected chi connectivity index (χ0v) is 17.1. The molecule has 0 saturated carbocycles. The second kappa shape index (κ2) is 9.46. The van der Waals surface area contributed by atoms with Gasteiger partial charge in [-0.3, -0.25) is 9.59 Å². The SMILES string of the molecule is CC(CC(=O)N(CC(=O)Nc1nccs1)CC1CCCO1)CC(C)(C)C. The van der Waals surface area contributed by atoms with Gasteiger partial charge in [0.1, 0.15) is 6.54 Å². The monoisotopic (exact) mass is 381 g/mol. The summed E-state index contributed by atoms with van der Waals surface area (Å²) in [4.78, 5) is 30.9. The molecule has 146 valence electrons. The van der Waals surface area contributed by atoms with E-state index in [0.29, 0.717) is 18.1 Å². The van der Waals surface area contributed by atoms with Gasteiger partial charge in [-0.05, 0) is 30.6 Å². The summed E-state index contributed by atoms with van der Waals surface area (Å²) in [6.07, 6.45) is 5.05. The van der Waals surface area contributed by atoms with Gasteiger partial charge in [0, 0.05) is 31.1 Å². The van der Waals surface area contributed by atoms with Gasteiger partial charge in [0.15, 0.2) is 5.13 Å². The Hall–Kier alpha value is -1.47. The molecule has 2 heterocycles. The summed E-state index contributed by atoms with van der Waals surface area (Å²) in [5.74, 6) is 0.0813. The first-order chi connectivity index (χ1) is 12.2. The Morgan fingerprint density at radius 2 is 2.23 bits per heavy atom. The zero-order valence-electron chi connectivity index (χ0n) is 16.3. The van der Waals surface area contributed by atoms with Gasteiger partial charge in [-0.1, -0.05) is 27.7 Å². The largest absolute Gasteiger partial charge is 0.376 e. The van der Waals surface area contributed by atoms with Gasteiger partial charge in [0.05, 0.1) is 6.10 Å². The Balaban J connectivity index is 1.94. The summed E-state index contributed by atoms with van der Waals surface area (Å²) < 4.78 is 5.67. The molecule has 26 heavy (non-hydrogen) atoms. The predicted molar refractivity (Wildman–Crippen MR) is 104 cm³/mol. The van der Waals surface area contributed by atoms with E-state index >= 15 is 0 Å². The fourth-order valence-corrected chi connectivity index (χ4v) is 4.00. The molecule has 1 aromatic rings. The number of hydrogen-bond donors (Lipinski definition) is 1. The average molecular weight is 382 g/mol. The van der Waals surface area contributed by atoms with Crippen molar-refractivity contribution in [1.29, 1.82) is 0 Å². The third-order valence-corrected chi connectivity index (χ3v) is 4.99. The molecule has 1 fully saturated rings. The van der Waals surface area contributed by atoms with Crippen LogP contribution in [0.3, 0.4) is 0 Å². The number of carbonyl (C=O) groups excluding carboxylic acids is 2. The first-order valence-corrected chi connectivity index (χ1v) is 10.2. The number of thiazole rings is 1. The maximum absolute atomic E-state index is 12.8. The van der Waals surface area contributed by atoms with Gasteiger partial charge in [-0.15, -0.1) is 11.3 Å². The molecule has 2 unspecified atom stereocenters. The molecular weight excluding hydrogens is 350 g/mol. The molecule has 0 aliphatic carbocycles. The molecule has 2 rings (SSSR count). The van der Waals surface area contributed by atoms with Crippen LogP contribution in [0.1, 0.15) is 53.4 Å². The first-order valence-electron chi connectivity index (χ1n) is 9.31. The predicted octanol–water partition coefficient (Wildman–Crippen LogP) is 3.55. The van der Waals surface area contributed by atoms with E-state index in [1.807, 2.05) is 0 Å². The molecule has 0 spiro atoms. The Kier molecular flexibility index (Phi) is 7.58. The minimum Gasteiger partial charge on any atom is -0.376 e. The maximum Gasteiger partial charge on any atom is 0.245 e. The molecule has 0 aromatic carbocycles. The number of amides is 2. The number of hydrogen-bond acceptors (Lipinski definition) is 5. The first kappa shape index (κ1) is 20.8. The summed E-state index contributed by atoms with van der Waals surface area (Å²) in [5.41, 5.74) is 0.182. The van der Waals surface area contributed by atoms with Crippen molar-refractivity contribution in [3.05, 3.63) is 11.6 Å². The normalized spacial score (nSPS) is 18.5. The lowest BCUT2D eigenvalue weighted by atomic mass is 9.84. The van der Waals surface area contributed by atoms with E-state index < -0.39 is 0 Å². The number of aromatic nitrogens is 1. The van der Waals surface area contributed by atoms with Gasteiger partial charge < -0.3 is 15.0 Å². The molecule has 1 aliphatic heterocycles. The van der Waals surface area contributed by atoms with Crippen LogP contribution < -0.4 is 5.32 Å². The molecule has 2 amide bonds. The Morgan fingerprint density at radius 3 is 2.81 bits per heavy atom. The lowest BCUT2D eigenvalue weighted by Gasteiger charge is -2.28. The van der Waals surface area contributed by atoms with Crippen LogP contribution in [0.25, 0.3) is 0 Å². The van der Waals surface area contributed by atoms with Gasteiger partial charge in [0.25, 0.3) is 0 Å². The number of rotatable bonds is 8. The second-order valence-corrected chi connectivity index (χ2v) is 9.26. The van der Waals surface area contributed by atoms with E-state index in [1.54, 1.807) is 16.5 Å². The number of nitrogens with one attached hydrogen (secondary N) is 1. The highest BCUT2D eigenvalue weighted by atomic mass is 32.1. The molecule has 1 saturated heterocycles. The van der Waals surface area contributed by atoms with E-state index in [2.05, 4.69) is 38.0 Å². The molecule has 1 aromatic heterocycles. The Morgan fingerprint density at radius 1 is 1.46 bits per heavy atom. The van der Waals surface area contributed by atoms with Crippen LogP contribution in [-0.2, 0) is 14.3 Å². The fraction of sp³-hybridized carbons (Fsp3) is 0.737. The van der Waals surface area contributed by atoms with Crippen molar-refractivity contribution in [1.82, 2.24) is 9.88 Å². The van der Waals surface area contributed by atoms with Crippen LogP contribution in [0.15, 0.2) is 11.6 Å². The van der Waals surface area contributed by atoms with Crippen LogP contribution >= 0.6 is 11.3 Å². The quantitative estimate of drug-likeness (QED) is 0.747. The van der Waals surface area contributed by atoms with E-state index in [9.17, 15) is 9.59 Å². The highest BCUT2D eigenvalue weighted by molar-refractivity contribution is 7.13. The van der Waals surface area contributed by atoms with E-state index in [0.717, 1.165) is 25.9 Å². The van der Waals surface area contributed by atoms with Crippen LogP contribution in [0.4, 0.5) is 5.13 Å². The minimum absolute atomic E-state index is 0.0199. The van der Waals surface area contributed by atoms with E-state index in [4.69, 9.17) is 4.74 Å². The van der Waals surface area contributed by atoms with E-state index in [1.165, 1.54) is 11.3 Å². The average Bonchev–Trinajstić information content (AvgIpc) is 3.17. The lowest BCUT2D eigenvalue weighted by Crippen LogP contribution is -2.42. The second-order valence-electron chi connectivity index (χ2n) is 8.37. The van der Waals surface area contributed by atoms with Crippen LogP contribution in [0.2, 0.25) is 0 Å². The molecule has 0 radical (unpaired) electrons. The number of anilines is 1. The van der Waals surface area contributed by atoms with Crippen molar-refractivity contribution in [2.45, 2.75) is 59.5 Å². The van der Waals surface area contributed by atoms with E-state index in [-0.39, 0.29) is 35.8 Å². The van der Waals surface area contributed by atoms with Crippen molar-refractivity contribution < 1.29 is 14.3 Å².